The zero-order chi connectivity index (χ0) is 22.8. The molecule has 0 radical (unpaired) electrons. The van der Waals surface area contributed by atoms with E-state index in [4.69, 9.17) is 21.7 Å². The van der Waals surface area contributed by atoms with E-state index in [9.17, 15) is 9.59 Å². The van der Waals surface area contributed by atoms with Crippen molar-refractivity contribution in [3.05, 3.63) is 95.6 Å². The second-order valence-corrected chi connectivity index (χ2v) is 7.00. The molecular weight excluding hydrogens is 426 g/mol. The maximum absolute atomic E-state index is 12.6. The van der Waals surface area contributed by atoms with Gasteiger partial charge < -0.3 is 9.47 Å². The van der Waals surface area contributed by atoms with Gasteiger partial charge in [-0.05, 0) is 55.0 Å². The van der Waals surface area contributed by atoms with Gasteiger partial charge in [-0.3, -0.25) is 25.8 Å². The second kappa shape index (κ2) is 11.5. The predicted molar refractivity (Wildman–Crippen MR) is 125 cm³/mol. The average molecular weight is 450 g/mol. The number of carbonyl (C=O) groups is 2. The summed E-state index contributed by atoms with van der Waals surface area (Å²) in [6.45, 7) is 2.68. The van der Waals surface area contributed by atoms with E-state index in [1.165, 1.54) is 0 Å². The molecule has 0 fully saturated rings. The number of hydrogen-bond acceptors (Lipinski definition) is 5. The Morgan fingerprint density at radius 3 is 2.38 bits per heavy atom. The Morgan fingerprint density at radius 1 is 0.844 bits per heavy atom. The van der Waals surface area contributed by atoms with Crippen LogP contribution >= 0.6 is 12.2 Å². The molecule has 2 amide bonds. The van der Waals surface area contributed by atoms with Crippen molar-refractivity contribution in [3.63, 3.8) is 0 Å². The van der Waals surface area contributed by atoms with Crippen LogP contribution in [-0.4, -0.2) is 23.5 Å². The number of ether oxygens (including phenoxy) is 2. The number of hydrogen-bond donors (Lipinski definition) is 3. The Bertz CT molecular complexity index is 1090. The van der Waals surface area contributed by atoms with Gasteiger partial charge in [-0.25, -0.2) is 0 Å². The Kier molecular flexibility index (Phi) is 8.16. The molecule has 3 aromatic rings. The normalized spacial score (nSPS) is 10.0. The highest BCUT2D eigenvalue weighted by atomic mass is 32.1. The molecule has 7 nitrogen and oxygen atoms in total. The highest BCUT2D eigenvalue weighted by Gasteiger charge is 2.14. The molecule has 3 rings (SSSR count). The van der Waals surface area contributed by atoms with Crippen molar-refractivity contribution in [2.75, 3.05) is 6.61 Å². The van der Waals surface area contributed by atoms with Crippen molar-refractivity contribution < 1.29 is 19.1 Å². The van der Waals surface area contributed by atoms with Crippen LogP contribution in [0.15, 0.2) is 78.9 Å². The molecule has 32 heavy (non-hydrogen) atoms. The molecule has 0 unspecified atom stereocenters. The van der Waals surface area contributed by atoms with Gasteiger partial charge in [0.2, 0.25) is 0 Å². The fourth-order valence-electron chi connectivity index (χ4n) is 2.80. The molecule has 0 aliphatic rings. The zero-order valence-electron chi connectivity index (χ0n) is 17.5. The monoisotopic (exact) mass is 449 g/mol. The summed E-state index contributed by atoms with van der Waals surface area (Å²) in [5.74, 6) is 0.131. The average Bonchev–Trinajstić information content (AvgIpc) is 2.82. The number of nitrogens with one attached hydrogen (secondary N) is 3. The molecule has 0 saturated heterocycles. The van der Waals surface area contributed by atoms with Gasteiger partial charge >= 0.3 is 0 Å². The Labute approximate surface area is 191 Å². The van der Waals surface area contributed by atoms with E-state index in [1.54, 1.807) is 48.5 Å². The van der Waals surface area contributed by atoms with Crippen LogP contribution in [-0.2, 0) is 6.61 Å². The molecule has 8 heteroatoms. The molecule has 0 aromatic heterocycles. The molecule has 0 saturated carbocycles. The van der Waals surface area contributed by atoms with E-state index >= 15 is 0 Å². The lowest BCUT2D eigenvalue weighted by Crippen LogP contribution is -2.48. The predicted octanol–water partition coefficient (Wildman–Crippen LogP) is 3.61. The van der Waals surface area contributed by atoms with E-state index in [0.29, 0.717) is 35.8 Å². The van der Waals surface area contributed by atoms with Gasteiger partial charge in [0.25, 0.3) is 11.8 Å². The van der Waals surface area contributed by atoms with Gasteiger partial charge in [0, 0.05) is 5.56 Å². The lowest BCUT2D eigenvalue weighted by molar-refractivity contribution is 0.0930. The third-order valence-electron chi connectivity index (χ3n) is 4.29. The van der Waals surface area contributed by atoms with Crippen LogP contribution in [0.3, 0.4) is 0 Å². The highest BCUT2D eigenvalue weighted by molar-refractivity contribution is 7.80. The molecule has 3 aromatic carbocycles. The summed E-state index contributed by atoms with van der Waals surface area (Å²) in [5.41, 5.74) is 6.71. The number of benzene rings is 3. The molecule has 0 atom stereocenters. The van der Waals surface area contributed by atoms with Crippen molar-refractivity contribution in [2.45, 2.75) is 13.5 Å². The quantitative estimate of drug-likeness (QED) is 0.377. The molecule has 0 aliphatic heterocycles. The van der Waals surface area contributed by atoms with Crippen molar-refractivity contribution >= 4 is 29.1 Å². The van der Waals surface area contributed by atoms with Crippen molar-refractivity contribution in [1.29, 1.82) is 0 Å². The number of carbonyl (C=O) groups excluding carboxylic acids is 2. The van der Waals surface area contributed by atoms with Crippen molar-refractivity contribution in [3.8, 4) is 11.5 Å². The van der Waals surface area contributed by atoms with Crippen molar-refractivity contribution in [1.82, 2.24) is 16.2 Å². The Hall–Kier alpha value is -3.91. The molecule has 0 heterocycles. The Balaban J connectivity index is 1.54. The lowest BCUT2D eigenvalue weighted by atomic mass is 10.2. The Morgan fingerprint density at radius 2 is 1.59 bits per heavy atom. The van der Waals surface area contributed by atoms with E-state index < -0.39 is 11.8 Å². The maximum atomic E-state index is 12.6. The van der Waals surface area contributed by atoms with Crippen LogP contribution in [0, 0.1) is 0 Å². The summed E-state index contributed by atoms with van der Waals surface area (Å²) in [6, 6.07) is 23.2. The number of rotatable bonds is 7. The first kappa shape index (κ1) is 22.8. The van der Waals surface area contributed by atoms with E-state index in [1.807, 2.05) is 37.3 Å². The largest absolute Gasteiger partial charge is 0.494 e. The summed E-state index contributed by atoms with van der Waals surface area (Å²) in [5, 5.41) is 2.47. The molecule has 0 spiro atoms. The summed E-state index contributed by atoms with van der Waals surface area (Å²) >= 11 is 5.11. The minimum Gasteiger partial charge on any atom is -0.494 e. The topological polar surface area (TPSA) is 88.7 Å². The highest BCUT2D eigenvalue weighted by Crippen LogP contribution is 2.19. The summed E-state index contributed by atoms with van der Waals surface area (Å²) in [7, 11) is 0. The van der Waals surface area contributed by atoms with E-state index in [-0.39, 0.29) is 5.11 Å². The van der Waals surface area contributed by atoms with Gasteiger partial charge in [-0.15, -0.1) is 0 Å². The number of para-hydroxylation sites is 1. The molecule has 0 aliphatic carbocycles. The van der Waals surface area contributed by atoms with E-state index in [2.05, 4.69) is 16.2 Å². The zero-order valence-corrected chi connectivity index (χ0v) is 18.3. The minimum absolute atomic E-state index is 0.0483. The van der Waals surface area contributed by atoms with Gasteiger partial charge in [-0.2, -0.15) is 0 Å². The van der Waals surface area contributed by atoms with Crippen LogP contribution in [0.4, 0.5) is 0 Å². The molecule has 0 bridgehead atoms. The fraction of sp³-hybridized carbons (Fsp3) is 0.125. The van der Waals surface area contributed by atoms with Gasteiger partial charge in [0.1, 0.15) is 18.1 Å². The first-order valence-electron chi connectivity index (χ1n) is 9.97. The SMILES string of the molecule is CCOc1cccc(C(=O)NC(=S)NNC(=O)c2ccccc2OCc2ccccc2)c1. The van der Waals surface area contributed by atoms with Gasteiger partial charge in [-0.1, -0.05) is 48.5 Å². The fourth-order valence-corrected chi connectivity index (χ4v) is 2.94. The van der Waals surface area contributed by atoms with Crippen LogP contribution in [0.1, 0.15) is 33.2 Å². The number of amides is 2. The minimum atomic E-state index is -0.455. The first-order chi connectivity index (χ1) is 15.6. The summed E-state index contributed by atoms with van der Waals surface area (Å²) < 4.78 is 11.2. The molecule has 164 valence electrons. The standard InChI is InChI=1S/C24H23N3O4S/c1-2-30-19-12-8-11-18(15-19)22(28)25-24(32)27-26-23(29)20-13-6-7-14-21(20)31-16-17-9-4-3-5-10-17/h3-15H,2,16H2,1H3,(H,26,29)(H2,25,27,28,32). The van der Waals surface area contributed by atoms with Crippen LogP contribution in [0.5, 0.6) is 11.5 Å². The van der Waals surface area contributed by atoms with Gasteiger partial charge in [0.15, 0.2) is 5.11 Å². The third-order valence-corrected chi connectivity index (χ3v) is 4.50. The summed E-state index contributed by atoms with van der Waals surface area (Å²) in [6.07, 6.45) is 0. The molecule has 3 N–H and O–H groups in total. The van der Waals surface area contributed by atoms with Crippen LogP contribution < -0.4 is 25.6 Å². The van der Waals surface area contributed by atoms with E-state index in [0.717, 1.165) is 5.56 Å². The third kappa shape index (κ3) is 6.55. The van der Waals surface area contributed by atoms with Gasteiger partial charge in [0.05, 0.1) is 12.2 Å². The van der Waals surface area contributed by atoms with Crippen LogP contribution in [0.2, 0.25) is 0 Å². The summed E-state index contributed by atoms with van der Waals surface area (Å²) in [4.78, 5) is 25.0. The maximum Gasteiger partial charge on any atom is 0.273 e. The molecular formula is C24H23N3O4S. The first-order valence-corrected chi connectivity index (χ1v) is 10.4. The van der Waals surface area contributed by atoms with Crippen molar-refractivity contribution in [2.24, 2.45) is 0 Å². The van der Waals surface area contributed by atoms with Crippen LogP contribution in [0.25, 0.3) is 0 Å². The number of hydrazine groups is 1. The second-order valence-electron chi connectivity index (χ2n) is 6.59. The lowest BCUT2D eigenvalue weighted by Gasteiger charge is -2.14. The number of thiocarbonyl (C=S) groups is 1. The smallest absolute Gasteiger partial charge is 0.273 e.